The van der Waals surface area contributed by atoms with E-state index in [0.29, 0.717) is 17.3 Å². The highest BCUT2D eigenvalue weighted by atomic mass is 79.9. The number of para-hydroxylation sites is 1. The number of nitrogens with zero attached hydrogens (tertiary/aromatic N) is 2. The van der Waals surface area contributed by atoms with E-state index in [1.54, 1.807) is 25.1 Å². The lowest BCUT2D eigenvalue weighted by molar-refractivity contribution is -0.143. The van der Waals surface area contributed by atoms with Crippen LogP contribution in [0, 0.1) is 5.92 Å². The number of ether oxygens (including phenoxy) is 1. The largest absolute Gasteiger partial charge is 0.466 e. The van der Waals surface area contributed by atoms with E-state index in [-0.39, 0.29) is 30.4 Å². The zero-order chi connectivity index (χ0) is 24.0. The molecule has 0 saturated heterocycles. The summed E-state index contributed by atoms with van der Waals surface area (Å²) >= 11 is 3.44. The van der Waals surface area contributed by atoms with Crippen LogP contribution in [0.25, 0.3) is 10.9 Å². The van der Waals surface area contributed by atoms with Gasteiger partial charge in [-0.05, 0) is 49.1 Å². The SMILES string of the molecule is CCOC(=O)CC(NC(=O)[C@H](CC(C)C)n1cnc2ccccc2c1=O)c1cccc(Br)c1. The summed E-state index contributed by atoms with van der Waals surface area (Å²) in [5.74, 6) is -0.613. The number of fused-ring (bicyclic) bond motifs is 1. The van der Waals surface area contributed by atoms with Gasteiger partial charge in [-0.25, -0.2) is 4.98 Å². The molecule has 0 aliphatic heterocycles. The zero-order valence-electron chi connectivity index (χ0n) is 19.0. The third-order valence-corrected chi connectivity index (χ3v) is 5.76. The van der Waals surface area contributed by atoms with Gasteiger partial charge < -0.3 is 10.1 Å². The molecule has 0 radical (unpaired) electrons. The van der Waals surface area contributed by atoms with Crippen LogP contribution in [0.1, 0.15) is 51.3 Å². The number of rotatable bonds is 9. The third kappa shape index (κ3) is 6.28. The number of halogens is 1. The minimum atomic E-state index is -0.772. The van der Waals surface area contributed by atoms with E-state index >= 15 is 0 Å². The minimum Gasteiger partial charge on any atom is -0.466 e. The van der Waals surface area contributed by atoms with Crippen LogP contribution >= 0.6 is 15.9 Å². The van der Waals surface area contributed by atoms with Crippen LogP contribution in [0.15, 0.2) is 64.1 Å². The Kier molecular flexibility index (Phi) is 8.38. The Hall–Kier alpha value is -3.00. The molecule has 0 aliphatic rings. The molecular formula is C25H28BrN3O4. The van der Waals surface area contributed by atoms with Crippen molar-refractivity contribution < 1.29 is 14.3 Å². The quantitative estimate of drug-likeness (QED) is 0.423. The van der Waals surface area contributed by atoms with Crippen molar-refractivity contribution in [2.24, 2.45) is 5.92 Å². The van der Waals surface area contributed by atoms with Gasteiger partial charge in [0.05, 0.1) is 36.3 Å². The molecule has 3 aromatic rings. The summed E-state index contributed by atoms with van der Waals surface area (Å²) in [6.07, 6.45) is 1.85. The van der Waals surface area contributed by atoms with Crippen molar-refractivity contribution in [1.29, 1.82) is 0 Å². The minimum absolute atomic E-state index is 0.0186. The maximum absolute atomic E-state index is 13.5. The molecule has 0 spiro atoms. The molecule has 1 heterocycles. The van der Waals surface area contributed by atoms with Crippen molar-refractivity contribution in [2.45, 2.75) is 45.7 Å². The second-order valence-electron chi connectivity index (χ2n) is 8.24. The first-order valence-corrected chi connectivity index (χ1v) is 11.8. The molecule has 33 heavy (non-hydrogen) atoms. The normalized spacial score (nSPS) is 13.0. The number of nitrogens with one attached hydrogen (secondary N) is 1. The predicted octanol–water partition coefficient (Wildman–Crippen LogP) is 4.56. The Balaban J connectivity index is 1.96. The third-order valence-electron chi connectivity index (χ3n) is 5.27. The lowest BCUT2D eigenvalue weighted by atomic mass is 10.00. The molecule has 2 aromatic carbocycles. The highest BCUT2D eigenvalue weighted by Gasteiger charge is 2.27. The zero-order valence-corrected chi connectivity index (χ0v) is 20.5. The topological polar surface area (TPSA) is 90.3 Å². The van der Waals surface area contributed by atoms with Crippen LogP contribution < -0.4 is 10.9 Å². The Morgan fingerprint density at radius 2 is 1.91 bits per heavy atom. The first-order valence-electron chi connectivity index (χ1n) is 11.0. The number of esters is 1. The number of hydrogen-bond donors (Lipinski definition) is 1. The predicted molar refractivity (Wildman–Crippen MR) is 131 cm³/mol. The van der Waals surface area contributed by atoms with Gasteiger partial charge in [0.25, 0.3) is 5.56 Å². The van der Waals surface area contributed by atoms with Crippen molar-refractivity contribution in [3.05, 3.63) is 75.2 Å². The molecule has 1 N–H and O–H groups in total. The molecule has 0 bridgehead atoms. The summed E-state index contributed by atoms with van der Waals surface area (Å²) < 4.78 is 7.33. The van der Waals surface area contributed by atoms with Crippen molar-refractivity contribution in [3.8, 4) is 0 Å². The van der Waals surface area contributed by atoms with Crippen LogP contribution in [-0.2, 0) is 14.3 Å². The fourth-order valence-electron chi connectivity index (χ4n) is 3.73. The number of hydrogen-bond acceptors (Lipinski definition) is 5. The molecule has 1 unspecified atom stereocenters. The van der Waals surface area contributed by atoms with Crippen LogP contribution in [0.3, 0.4) is 0 Å². The average Bonchev–Trinajstić information content (AvgIpc) is 2.78. The molecule has 1 amide bonds. The van der Waals surface area contributed by atoms with E-state index in [1.807, 2.05) is 44.2 Å². The van der Waals surface area contributed by atoms with E-state index in [2.05, 4.69) is 26.2 Å². The second kappa shape index (κ2) is 11.2. The summed E-state index contributed by atoms with van der Waals surface area (Å²) in [6, 6.07) is 13.1. The number of carbonyl (C=O) groups excluding carboxylic acids is 2. The Labute approximate surface area is 201 Å². The van der Waals surface area contributed by atoms with E-state index in [1.165, 1.54) is 10.9 Å². The molecule has 7 nitrogen and oxygen atoms in total. The molecule has 3 rings (SSSR count). The molecule has 0 fully saturated rings. The lowest BCUT2D eigenvalue weighted by Gasteiger charge is -2.25. The van der Waals surface area contributed by atoms with Crippen LogP contribution in [0.5, 0.6) is 0 Å². The lowest BCUT2D eigenvalue weighted by Crippen LogP contribution is -2.40. The standard InChI is InChI=1S/C25H28BrN3O4/c1-4-33-23(30)14-21(17-8-7-9-18(26)13-17)28-24(31)22(12-16(2)3)29-15-27-20-11-6-5-10-19(20)25(29)32/h5-11,13,15-16,21-22H,4,12,14H2,1-3H3,(H,28,31)/t21?,22-/m0/s1. The number of carbonyl (C=O) groups is 2. The van der Waals surface area contributed by atoms with Crippen molar-refractivity contribution in [2.75, 3.05) is 6.61 Å². The Morgan fingerprint density at radius 1 is 1.15 bits per heavy atom. The fraction of sp³-hybridized carbons (Fsp3) is 0.360. The number of benzene rings is 2. The van der Waals surface area contributed by atoms with Crippen molar-refractivity contribution >= 4 is 38.7 Å². The number of aromatic nitrogens is 2. The molecule has 0 aliphatic carbocycles. The highest BCUT2D eigenvalue weighted by Crippen LogP contribution is 2.24. The summed E-state index contributed by atoms with van der Waals surface area (Å²) in [7, 11) is 0. The molecule has 2 atom stereocenters. The van der Waals surface area contributed by atoms with Gasteiger partial charge in [-0.3, -0.25) is 19.0 Å². The van der Waals surface area contributed by atoms with E-state index in [0.717, 1.165) is 10.0 Å². The Morgan fingerprint density at radius 3 is 2.61 bits per heavy atom. The maximum atomic E-state index is 13.5. The smallest absolute Gasteiger partial charge is 0.308 e. The number of amides is 1. The first-order chi connectivity index (χ1) is 15.8. The van der Waals surface area contributed by atoms with Crippen molar-refractivity contribution in [1.82, 2.24) is 14.9 Å². The van der Waals surface area contributed by atoms with Gasteiger partial charge in [-0.2, -0.15) is 0 Å². The van der Waals surface area contributed by atoms with E-state index in [9.17, 15) is 14.4 Å². The molecule has 8 heteroatoms. The second-order valence-corrected chi connectivity index (χ2v) is 9.16. The van der Waals surface area contributed by atoms with E-state index < -0.39 is 18.1 Å². The Bertz CT molecular complexity index is 1190. The van der Waals surface area contributed by atoms with Crippen LogP contribution in [0.4, 0.5) is 0 Å². The highest BCUT2D eigenvalue weighted by molar-refractivity contribution is 9.10. The summed E-state index contributed by atoms with van der Waals surface area (Å²) in [5, 5.41) is 3.44. The van der Waals surface area contributed by atoms with Crippen LogP contribution in [0.2, 0.25) is 0 Å². The van der Waals surface area contributed by atoms with Gasteiger partial charge in [0.15, 0.2) is 0 Å². The maximum Gasteiger partial charge on any atom is 0.308 e. The van der Waals surface area contributed by atoms with Crippen LogP contribution in [-0.4, -0.2) is 28.0 Å². The van der Waals surface area contributed by atoms with Gasteiger partial charge in [-0.1, -0.05) is 54.0 Å². The van der Waals surface area contributed by atoms with Crippen molar-refractivity contribution in [3.63, 3.8) is 0 Å². The fourth-order valence-corrected chi connectivity index (χ4v) is 4.15. The van der Waals surface area contributed by atoms with Gasteiger partial charge in [0.2, 0.25) is 5.91 Å². The summed E-state index contributed by atoms with van der Waals surface area (Å²) in [4.78, 5) is 43.3. The van der Waals surface area contributed by atoms with E-state index in [4.69, 9.17) is 4.74 Å². The molecule has 1 aromatic heterocycles. The summed E-state index contributed by atoms with van der Waals surface area (Å²) in [6.45, 7) is 5.98. The average molecular weight is 514 g/mol. The molecular weight excluding hydrogens is 486 g/mol. The van der Waals surface area contributed by atoms with Gasteiger partial charge in [0, 0.05) is 4.47 Å². The summed E-state index contributed by atoms with van der Waals surface area (Å²) in [5.41, 5.74) is 1.07. The van der Waals surface area contributed by atoms with Gasteiger partial charge in [0.1, 0.15) is 6.04 Å². The molecule has 174 valence electrons. The van der Waals surface area contributed by atoms with Gasteiger partial charge in [-0.15, -0.1) is 0 Å². The van der Waals surface area contributed by atoms with Gasteiger partial charge >= 0.3 is 5.97 Å². The first kappa shape index (κ1) is 24.6. The monoisotopic (exact) mass is 513 g/mol. The molecule has 0 saturated carbocycles.